The standard InChI is InChI=1S/C9H20F2N2O/c1-8(2)12-3-4-13(5-6-14)7-9(10)11/h8-9,12,14H,3-7H2,1-2H3. The summed E-state index contributed by atoms with van der Waals surface area (Å²) in [5, 5.41) is 11.8. The van der Waals surface area contributed by atoms with Crippen LogP contribution in [0, 0.1) is 0 Å². The number of rotatable bonds is 8. The third-order valence-electron chi connectivity index (χ3n) is 1.79. The van der Waals surface area contributed by atoms with Gasteiger partial charge in [-0.1, -0.05) is 13.8 Å². The second kappa shape index (κ2) is 8.08. The Labute approximate surface area is 84.1 Å². The van der Waals surface area contributed by atoms with E-state index in [0.29, 0.717) is 25.7 Å². The first-order chi connectivity index (χ1) is 6.56. The third-order valence-corrected chi connectivity index (χ3v) is 1.79. The van der Waals surface area contributed by atoms with Crippen LogP contribution in [-0.2, 0) is 0 Å². The van der Waals surface area contributed by atoms with Crippen molar-refractivity contribution in [3.05, 3.63) is 0 Å². The minimum Gasteiger partial charge on any atom is -0.395 e. The highest BCUT2D eigenvalue weighted by molar-refractivity contribution is 4.62. The predicted molar refractivity (Wildman–Crippen MR) is 52.7 cm³/mol. The summed E-state index contributed by atoms with van der Waals surface area (Å²) in [6, 6.07) is 0.359. The van der Waals surface area contributed by atoms with E-state index in [1.807, 2.05) is 13.8 Å². The van der Waals surface area contributed by atoms with Crippen LogP contribution in [0.4, 0.5) is 8.78 Å². The van der Waals surface area contributed by atoms with Crippen molar-refractivity contribution in [2.45, 2.75) is 26.3 Å². The number of hydrogen-bond donors (Lipinski definition) is 2. The molecule has 3 nitrogen and oxygen atoms in total. The van der Waals surface area contributed by atoms with Crippen molar-refractivity contribution in [3.8, 4) is 0 Å². The largest absolute Gasteiger partial charge is 0.395 e. The van der Waals surface area contributed by atoms with Gasteiger partial charge >= 0.3 is 0 Å². The van der Waals surface area contributed by atoms with Gasteiger partial charge in [0.2, 0.25) is 0 Å². The highest BCUT2D eigenvalue weighted by Gasteiger charge is 2.10. The third kappa shape index (κ3) is 8.34. The van der Waals surface area contributed by atoms with Crippen LogP contribution < -0.4 is 5.32 Å². The minimum atomic E-state index is -2.33. The van der Waals surface area contributed by atoms with Gasteiger partial charge in [-0.15, -0.1) is 0 Å². The Morgan fingerprint density at radius 3 is 2.36 bits per heavy atom. The number of aliphatic hydroxyl groups excluding tert-OH is 1. The fraction of sp³-hybridized carbons (Fsp3) is 1.00. The molecule has 14 heavy (non-hydrogen) atoms. The van der Waals surface area contributed by atoms with E-state index < -0.39 is 6.43 Å². The lowest BCUT2D eigenvalue weighted by atomic mass is 10.4. The quantitative estimate of drug-likeness (QED) is 0.614. The number of hydrogen-bond acceptors (Lipinski definition) is 3. The van der Waals surface area contributed by atoms with Crippen LogP contribution in [0.1, 0.15) is 13.8 Å². The molecule has 0 radical (unpaired) electrons. The lowest BCUT2D eigenvalue weighted by Crippen LogP contribution is -2.38. The molecule has 0 aromatic rings. The second-order valence-corrected chi connectivity index (χ2v) is 3.52. The zero-order chi connectivity index (χ0) is 11.0. The maximum Gasteiger partial charge on any atom is 0.251 e. The minimum absolute atomic E-state index is 0.0750. The van der Waals surface area contributed by atoms with Crippen molar-refractivity contribution in [1.82, 2.24) is 10.2 Å². The van der Waals surface area contributed by atoms with Crippen molar-refractivity contribution in [2.24, 2.45) is 0 Å². The van der Waals surface area contributed by atoms with E-state index in [1.165, 1.54) is 0 Å². The van der Waals surface area contributed by atoms with Gasteiger partial charge in [0.15, 0.2) is 0 Å². The average molecular weight is 210 g/mol. The van der Waals surface area contributed by atoms with Gasteiger partial charge < -0.3 is 10.4 Å². The van der Waals surface area contributed by atoms with E-state index in [-0.39, 0.29) is 13.2 Å². The monoisotopic (exact) mass is 210 g/mol. The highest BCUT2D eigenvalue weighted by Crippen LogP contribution is 1.97. The lowest BCUT2D eigenvalue weighted by molar-refractivity contribution is 0.0786. The Kier molecular flexibility index (Phi) is 7.93. The van der Waals surface area contributed by atoms with Gasteiger partial charge in [0.1, 0.15) is 0 Å². The Balaban J connectivity index is 3.61. The first kappa shape index (κ1) is 13.7. The highest BCUT2D eigenvalue weighted by atomic mass is 19.3. The summed E-state index contributed by atoms with van der Waals surface area (Å²) < 4.78 is 24.1. The molecule has 0 fully saturated rings. The van der Waals surface area contributed by atoms with Crippen molar-refractivity contribution in [1.29, 1.82) is 0 Å². The number of nitrogens with zero attached hydrogens (tertiary/aromatic N) is 1. The van der Waals surface area contributed by atoms with Crippen LogP contribution in [-0.4, -0.2) is 55.3 Å². The van der Waals surface area contributed by atoms with E-state index in [0.717, 1.165) is 0 Å². The molecule has 0 aliphatic carbocycles. The molecule has 0 aromatic heterocycles. The molecule has 86 valence electrons. The van der Waals surface area contributed by atoms with Gasteiger partial charge in [0.25, 0.3) is 6.43 Å². The summed E-state index contributed by atoms with van der Waals surface area (Å²) in [7, 11) is 0. The van der Waals surface area contributed by atoms with Crippen molar-refractivity contribution in [3.63, 3.8) is 0 Å². The molecule has 0 amide bonds. The molecule has 0 unspecified atom stereocenters. The van der Waals surface area contributed by atoms with Crippen molar-refractivity contribution >= 4 is 0 Å². The normalized spacial score (nSPS) is 12.0. The molecule has 0 saturated heterocycles. The van der Waals surface area contributed by atoms with Gasteiger partial charge in [-0.3, -0.25) is 4.90 Å². The lowest BCUT2D eigenvalue weighted by Gasteiger charge is -2.21. The number of nitrogens with one attached hydrogen (secondary N) is 1. The summed E-state index contributed by atoms with van der Waals surface area (Å²) in [4.78, 5) is 1.56. The first-order valence-corrected chi connectivity index (χ1v) is 4.91. The number of aliphatic hydroxyl groups is 1. The summed E-state index contributed by atoms with van der Waals surface area (Å²) in [5.74, 6) is 0. The zero-order valence-electron chi connectivity index (χ0n) is 8.84. The Morgan fingerprint density at radius 2 is 1.93 bits per heavy atom. The average Bonchev–Trinajstić information content (AvgIpc) is 2.02. The van der Waals surface area contributed by atoms with Crippen molar-refractivity contribution < 1.29 is 13.9 Å². The van der Waals surface area contributed by atoms with Gasteiger partial charge in [-0.05, 0) is 0 Å². The van der Waals surface area contributed by atoms with Crippen molar-refractivity contribution in [2.75, 3.05) is 32.8 Å². The summed E-state index contributed by atoms with van der Waals surface area (Å²) in [6.07, 6.45) is -2.33. The fourth-order valence-corrected chi connectivity index (χ4v) is 1.14. The van der Waals surface area contributed by atoms with Crippen LogP contribution in [0.3, 0.4) is 0 Å². The van der Waals surface area contributed by atoms with E-state index in [2.05, 4.69) is 5.32 Å². The summed E-state index contributed by atoms with van der Waals surface area (Å²) in [6.45, 7) is 5.19. The molecule has 0 spiro atoms. The molecule has 0 atom stereocenters. The molecule has 0 heterocycles. The first-order valence-electron chi connectivity index (χ1n) is 4.91. The zero-order valence-corrected chi connectivity index (χ0v) is 8.84. The summed E-state index contributed by atoms with van der Waals surface area (Å²) in [5.41, 5.74) is 0. The van der Waals surface area contributed by atoms with E-state index in [9.17, 15) is 8.78 Å². The number of halogens is 2. The Hall–Kier alpha value is -0.260. The van der Waals surface area contributed by atoms with Gasteiger partial charge in [-0.25, -0.2) is 8.78 Å². The SMILES string of the molecule is CC(C)NCCN(CCO)CC(F)F. The molecule has 0 aliphatic rings. The van der Waals surface area contributed by atoms with E-state index >= 15 is 0 Å². The van der Waals surface area contributed by atoms with Crippen LogP contribution >= 0.6 is 0 Å². The van der Waals surface area contributed by atoms with Gasteiger partial charge in [-0.2, -0.15) is 0 Å². The Bertz CT molecular complexity index is 134. The summed E-state index contributed by atoms with van der Waals surface area (Å²) >= 11 is 0. The van der Waals surface area contributed by atoms with Crippen LogP contribution in [0.15, 0.2) is 0 Å². The van der Waals surface area contributed by atoms with Crippen LogP contribution in [0.25, 0.3) is 0 Å². The molecule has 0 aromatic carbocycles. The maximum absolute atomic E-state index is 12.1. The van der Waals surface area contributed by atoms with Crippen LogP contribution in [0.5, 0.6) is 0 Å². The molecule has 0 aliphatic heterocycles. The van der Waals surface area contributed by atoms with Gasteiger partial charge in [0, 0.05) is 25.7 Å². The van der Waals surface area contributed by atoms with E-state index in [1.54, 1.807) is 4.90 Å². The topological polar surface area (TPSA) is 35.5 Å². The predicted octanol–water partition coefficient (Wildman–Crippen LogP) is 0.544. The molecule has 0 saturated carbocycles. The fourth-order valence-electron chi connectivity index (χ4n) is 1.14. The molecule has 2 N–H and O–H groups in total. The van der Waals surface area contributed by atoms with E-state index in [4.69, 9.17) is 5.11 Å². The molecule has 0 bridgehead atoms. The smallest absolute Gasteiger partial charge is 0.251 e. The van der Waals surface area contributed by atoms with Gasteiger partial charge in [0.05, 0.1) is 13.2 Å². The molecule has 5 heteroatoms. The second-order valence-electron chi connectivity index (χ2n) is 3.52. The number of alkyl halides is 2. The van der Waals surface area contributed by atoms with Crippen LogP contribution in [0.2, 0.25) is 0 Å². The molecular formula is C9H20F2N2O. The Morgan fingerprint density at radius 1 is 1.29 bits per heavy atom. The molecule has 0 rings (SSSR count). The molecular weight excluding hydrogens is 190 g/mol. The maximum atomic E-state index is 12.1.